The third-order valence-corrected chi connectivity index (χ3v) is 5.52. The summed E-state index contributed by atoms with van der Waals surface area (Å²) in [6.45, 7) is -0.459. The number of hydrogen-bond acceptors (Lipinski definition) is 5. The zero-order valence-corrected chi connectivity index (χ0v) is 14.0. The molecule has 1 aliphatic rings. The number of benzene rings is 1. The summed E-state index contributed by atoms with van der Waals surface area (Å²) in [6, 6.07) is 5.14. The molecule has 130 valence electrons. The van der Waals surface area contributed by atoms with Gasteiger partial charge in [-0.2, -0.15) is 0 Å². The zero-order valence-electron chi connectivity index (χ0n) is 13.1. The van der Waals surface area contributed by atoms with Crippen LogP contribution in [0.1, 0.15) is 12.0 Å². The summed E-state index contributed by atoms with van der Waals surface area (Å²) in [5.74, 6) is -1.54. The van der Waals surface area contributed by atoms with Crippen molar-refractivity contribution >= 4 is 27.8 Å². The van der Waals surface area contributed by atoms with Gasteiger partial charge in [0, 0.05) is 19.2 Å². The molecular weight excluding hydrogens is 337 g/mol. The van der Waals surface area contributed by atoms with Crippen LogP contribution in [0.5, 0.6) is 0 Å². The fourth-order valence-corrected chi connectivity index (χ4v) is 4.08. The minimum Gasteiger partial charge on any atom is -0.452 e. The molecule has 1 heterocycles. The van der Waals surface area contributed by atoms with E-state index in [1.54, 1.807) is 0 Å². The summed E-state index contributed by atoms with van der Waals surface area (Å²) in [7, 11) is -1.59. The number of esters is 1. The van der Waals surface area contributed by atoms with Gasteiger partial charge in [-0.05, 0) is 30.2 Å². The maximum atomic E-state index is 12.8. The molecule has 0 radical (unpaired) electrons. The van der Waals surface area contributed by atoms with Gasteiger partial charge >= 0.3 is 5.97 Å². The van der Waals surface area contributed by atoms with Crippen molar-refractivity contribution in [2.24, 2.45) is 0 Å². The highest BCUT2D eigenvalue weighted by molar-refractivity contribution is 7.91. The quantitative estimate of drug-likeness (QED) is 0.582. The number of likely N-dealkylation sites (N-methyl/N-ethyl adjacent to an activating group) is 1. The molecule has 0 spiro atoms. The lowest BCUT2D eigenvalue weighted by Gasteiger charge is -2.22. The highest BCUT2D eigenvalue weighted by Gasteiger charge is 2.32. The molecule has 0 aliphatic carbocycles. The first-order valence-corrected chi connectivity index (χ1v) is 9.15. The van der Waals surface area contributed by atoms with Crippen molar-refractivity contribution in [3.05, 3.63) is 41.7 Å². The van der Waals surface area contributed by atoms with E-state index in [0.29, 0.717) is 12.0 Å². The van der Waals surface area contributed by atoms with E-state index in [1.807, 2.05) is 0 Å². The van der Waals surface area contributed by atoms with Gasteiger partial charge in [0.2, 0.25) is 0 Å². The Labute approximate surface area is 139 Å². The Morgan fingerprint density at radius 1 is 1.33 bits per heavy atom. The van der Waals surface area contributed by atoms with Crippen LogP contribution in [0.25, 0.3) is 6.08 Å². The number of hydrogen-bond donors (Lipinski definition) is 0. The first-order valence-electron chi connectivity index (χ1n) is 7.33. The van der Waals surface area contributed by atoms with Gasteiger partial charge in [-0.25, -0.2) is 17.6 Å². The standard InChI is InChI=1S/C16H18FNO5S/c1-18(14-8-9-24(21,22)11-14)15(19)10-23-16(20)7-4-12-2-5-13(17)6-3-12/h2-7,14H,8-11H2,1H3. The third kappa shape index (κ3) is 5.16. The van der Waals surface area contributed by atoms with Crippen LogP contribution in [0, 0.1) is 5.82 Å². The highest BCUT2D eigenvalue weighted by atomic mass is 32.2. The van der Waals surface area contributed by atoms with Crippen LogP contribution in [0.15, 0.2) is 30.3 Å². The van der Waals surface area contributed by atoms with E-state index in [0.717, 1.165) is 6.08 Å². The van der Waals surface area contributed by atoms with Crippen molar-refractivity contribution in [3.8, 4) is 0 Å². The Hall–Kier alpha value is -2.22. The van der Waals surface area contributed by atoms with Gasteiger partial charge in [0.1, 0.15) is 5.82 Å². The molecule has 1 saturated heterocycles. The van der Waals surface area contributed by atoms with Crippen LogP contribution in [-0.4, -0.2) is 56.4 Å². The van der Waals surface area contributed by atoms with E-state index in [9.17, 15) is 22.4 Å². The summed E-state index contributed by atoms with van der Waals surface area (Å²) in [5.41, 5.74) is 0.618. The molecule has 2 rings (SSSR count). The van der Waals surface area contributed by atoms with E-state index >= 15 is 0 Å². The molecule has 1 unspecified atom stereocenters. The van der Waals surface area contributed by atoms with Gasteiger partial charge in [-0.15, -0.1) is 0 Å². The van der Waals surface area contributed by atoms with Crippen LogP contribution in [0.3, 0.4) is 0 Å². The van der Waals surface area contributed by atoms with E-state index < -0.39 is 28.3 Å². The van der Waals surface area contributed by atoms with E-state index in [2.05, 4.69) is 0 Å². The van der Waals surface area contributed by atoms with Crippen LogP contribution in [0.4, 0.5) is 4.39 Å². The number of halogens is 1. The molecule has 1 aromatic rings. The van der Waals surface area contributed by atoms with E-state index in [4.69, 9.17) is 4.74 Å². The second-order valence-electron chi connectivity index (χ2n) is 5.55. The van der Waals surface area contributed by atoms with Crippen LogP contribution < -0.4 is 0 Å². The molecular formula is C16H18FNO5S. The number of carbonyl (C=O) groups excluding carboxylic acids is 2. The van der Waals surface area contributed by atoms with Gasteiger partial charge in [0.15, 0.2) is 16.4 Å². The van der Waals surface area contributed by atoms with Crippen molar-refractivity contribution in [3.63, 3.8) is 0 Å². The van der Waals surface area contributed by atoms with Gasteiger partial charge in [-0.1, -0.05) is 12.1 Å². The van der Waals surface area contributed by atoms with E-state index in [1.165, 1.54) is 42.3 Å². The molecule has 0 aromatic heterocycles. The molecule has 1 aliphatic heterocycles. The Morgan fingerprint density at radius 3 is 2.58 bits per heavy atom. The van der Waals surface area contributed by atoms with E-state index in [-0.39, 0.29) is 23.4 Å². The fourth-order valence-electron chi connectivity index (χ4n) is 2.31. The van der Waals surface area contributed by atoms with Gasteiger partial charge < -0.3 is 9.64 Å². The van der Waals surface area contributed by atoms with Crippen LogP contribution in [0.2, 0.25) is 0 Å². The van der Waals surface area contributed by atoms with Gasteiger partial charge in [0.25, 0.3) is 5.91 Å². The Morgan fingerprint density at radius 2 is 2.00 bits per heavy atom. The minimum absolute atomic E-state index is 0.0618. The van der Waals surface area contributed by atoms with Crippen LogP contribution in [-0.2, 0) is 24.2 Å². The lowest BCUT2D eigenvalue weighted by atomic mass is 10.2. The normalized spacial score (nSPS) is 19.3. The minimum atomic E-state index is -3.09. The average Bonchev–Trinajstić information content (AvgIpc) is 2.91. The number of nitrogens with zero attached hydrogens (tertiary/aromatic N) is 1. The molecule has 0 saturated carbocycles. The molecule has 1 amide bonds. The molecule has 24 heavy (non-hydrogen) atoms. The number of amides is 1. The second kappa shape index (κ2) is 7.57. The summed E-state index contributed by atoms with van der Waals surface area (Å²) in [5, 5.41) is 0. The SMILES string of the molecule is CN(C(=O)COC(=O)C=Cc1ccc(F)cc1)C1CCS(=O)(=O)C1. The molecule has 6 nitrogen and oxygen atoms in total. The Balaban J connectivity index is 1.80. The number of ether oxygens (including phenoxy) is 1. The van der Waals surface area contributed by atoms with Crippen molar-refractivity contribution in [2.45, 2.75) is 12.5 Å². The highest BCUT2D eigenvalue weighted by Crippen LogP contribution is 2.16. The van der Waals surface area contributed by atoms with Crippen molar-refractivity contribution < 1.29 is 27.1 Å². The summed E-state index contributed by atoms with van der Waals surface area (Å²) in [6.07, 6.45) is 2.98. The monoisotopic (exact) mass is 355 g/mol. The molecule has 1 fully saturated rings. The lowest BCUT2D eigenvalue weighted by molar-refractivity contribution is -0.148. The lowest BCUT2D eigenvalue weighted by Crippen LogP contribution is -2.40. The predicted octanol–water partition coefficient (Wildman–Crippen LogP) is 1.03. The Bertz CT molecular complexity index is 742. The maximum absolute atomic E-state index is 12.8. The Kier molecular flexibility index (Phi) is 5.71. The molecule has 0 N–H and O–H groups in total. The molecule has 8 heteroatoms. The largest absolute Gasteiger partial charge is 0.452 e. The van der Waals surface area contributed by atoms with Gasteiger partial charge in [0.05, 0.1) is 11.5 Å². The average molecular weight is 355 g/mol. The number of carbonyl (C=O) groups is 2. The predicted molar refractivity (Wildman–Crippen MR) is 86.2 cm³/mol. The summed E-state index contributed by atoms with van der Waals surface area (Å²) >= 11 is 0. The smallest absolute Gasteiger partial charge is 0.331 e. The van der Waals surface area contributed by atoms with Crippen LogP contribution >= 0.6 is 0 Å². The first kappa shape index (κ1) is 18.1. The number of sulfone groups is 1. The van der Waals surface area contributed by atoms with Gasteiger partial charge in [-0.3, -0.25) is 4.79 Å². The fraction of sp³-hybridized carbons (Fsp3) is 0.375. The topological polar surface area (TPSA) is 80.8 Å². The maximum Gasteiger partial charge on any atom is 0.331 e. The van der Waals surface area contributed by atoms with Crippen molar-refractivity contribution in [1.82, 2.24) is 4.90 Å². The zero-order chi connectivity index (χ0) is 17.7. The first-order chi connectivity index (χ1) is 11.3. The molecule has 1 aromatic carbocycles. The van der Waals surface area contributed by atoms with Crippen molar-refractivity contribution in [1.29, 1.82) is 0 Å². The van der Waals surface area contributed by atoms with Crippen molar-refractivity contribution in [2.75, 3.05) is 25.2 Å². The molecule has 0 bridgehead atoms. The third-order valence-electron chi connectivity index (χ3n) is 3.77. The molecule has 1 atom stereocenters. The second-order valence-corrected chi connectivity index (χ2v) is 7.78. The number of rotatable bonds is 5. The summed E-state index contributed by atoms with van der Waals surface area (Å²) in [4.78, 5) is 24.8. The summed E-state index contributed by atoms with van der Waals surface area (Å²) < 4.78 is 40.4.